The molecule has 0 amide bonds. The predicted octanol–water partition coefficient (Wildman–Crippen LogP) is 2.00. The molecule has 0 saturated carbocycles. The molecule has 0 spiro atoms. The Bertz CT molecular complexity index is 808. The van der Waals surface area contributed by atoms with Gasteiger partial charge in [-0.25, -0.2) is 9.13 Å². The van der Waals surface area contributed by atoms with E-state index < -0.39 is 27.1 Å². The summed E-state index contributed by atoms with van der Waals surface area (Å²) in [5.74, 6) is -1.41. The van der Waals surface area contributed by atoms with Gasteiger partial charge < -0.3 is 14.2 Å². The largest absolute Gasteiger partial charge is 0.524 e. The quantitative estimate of drug-likeness (QED) is 0.502. The van der Waals surface area contributed by atoms with Gasteiger partial charge in [0.15, 0.2) is 11.5 Å². The Hall–Kier alpha value is -1.86. The van der Waals surface area contributed by atoms with E-state index in [0.717, 1.165) is 6.07 Å². The first kappa shape index (κ1) is 17.5. The molecule has 2 aromatic rings. The zero-order chi connectivity index (χ0) is 17.3. The molecule has 0 saturated heterocycles. The molecule has 0 unspecified atom stereocenters. The highest BCUT2D eigenvalue weighted by Gasteiger charge is 2.27. The first-order valence-corrected chi connectivity index (χ1v) is 9.04. The predicted molar refractivity (Wildman–Crippen MR) is 78.9 cm³/mol. The number of rotatable bonds is 5. The minimum absolute atomic E-state index is 0.0163. The lowest BCUT2D eigenvalue weighted by molar-refractivity contribution is 0.264. The first-order valence-electron chi connectivity index (χ1n) is 5.98. The van der Waals surface area contributed by atoms with Crippen molar-refractivity contribution in [1.82, 2.24) is 0 Å². The monoisotopic (exact) mass is 362 g/mol. The van der Waals surface area contributed by atoms with Gasteiger partial charge in [-0.05, 0) is 12.1 Å². The Morgan fingerprint density at radius 1 is 0.739 bits per heavy atom. The van der Waals surface area contributed by atoms with Crippen LogP contribution < -0.4 is 9.05 Å². The smallest absolute Gasteiger partial charge is 0.507 e. The van der Waals surface area contributed by atoms with Crippen molar-refractivity contribution < 1.29 is 42.9 Å². The van der Waals surface area contributed by atoms with Gasteiger partial charge in [0.2, 0.25) is 0 Å². The number of phenolic OH excluding ortho intramolecular Hbond substituents is 1. The van der Waals surface area contributed by atoms with Gasteiger partial charge in [-0.3, -0.25) is 19.6 Å². The van der Waals surface area contributed by atoms with Gasteiger partial charge >= 0.3 is 15.6 Å². The van der Waals surface area contributed by atoms with E-state index in [0.29, 0.717) is 0 Å². The lowest BCUT2D eigenvalue weighted by Gasteiger charge is -2.17. The van der Waals surface area contributed by atoms with Crippen molar-refractivity contribution in [2.45, 2.75) is 0 Å². The van der Waals surface area contributed by atoms with E-state index in [-0.39, 0.29) is 16.9 Å². The molecule has 0 radical (unpaired) electrons. The highest BCUT2D eigenvalue weighted by Crippen LogP contribution is 2.51. The normalized spacial score (nSPS) is 12.0. The van der Waals surface area contributed by atoms with Gasteiger partial charge in [0, 0.05) is 11.1 Å². The second-order valence-electron chi connectivity index (χ2n) is 4.31. The van der Waals surface area contributed by atoms with Crippen molar-refractivity contribution in [1.29, 1.82) is 0 Å². The summed E-state index contributed by atoms with van der Waals surface area (Å²) in [7, 11) is -10.1. The minimum Gasteiger partial charge on any atom is -0.507 e. The van der Waals surface area contributed by atoms with E-state index in [4.69, 9.17) is 19.6 Å². The van der Waals surface area contributed by atoms with Crippen LogP contribution in [0.15, 0.2) is 42.5 Å². The van der Waals surface area contributed by atoms with Gasteiger partial charge in [0.25, 0.3) is 0 Å². The highest BCUT2D eigenvalue weighted by molar-refractivity contribution is 7.47. The summed E-state index contributed by atoms with van der Waals surface area (Å²) in [6.07, 6.45) is 0. The molecular formula is C12H12O9P2. The number of hydrogen-bond acceptors (Lipinski definition) is 5. The topological polar surface area (TPSA) is 154 Å². The summed E-state index contributed by atoms with van der Waals surface area (Å²) in [6, 6.07) is 9.55. The highest BCUT2D eigenvalue weighted by atomic mass is 31.2. The fourth-order valence-corrected chi connectivity index (χ4v) is 2.67. The first-order chi connectivity index (χ1) is 10.6. The molecular weight excluding hydrogens is 350 g/mol. The van der Waals surface area contributed by atoms with Crippen LogP contribution in [0, 0.1) is 0 Å². The standard InChI is InChI=1S/C12H12O9P2/c13-10-6-2-1-4-8(10)9-5-3-7-11(20-22(14,15)16)12(9)21-23(17,18)19/h1-7,13H,(H2,14,15,16)(H2,17,18,19). The zero-order valence-electron chi connectivity index (χ0n) is 11.3. The molecule has 0 aromatic heterocycles. The molecule has 0 bridgehead atoms. The second kappa shape index (κ2) is 6.33. The summed E-state index contributed by atoms with van der Waals surface area (Å²) in [5.41, 5.74) is 0.115. The van der Waals surface area contributed by atoms with E-state index in [9.17, 15) is 14.2 Å². The summed E-state index contributed by atoms with van der Waals surface area (Å²) < 4.78 is 31.1. The van der Waals surface area contributed by atoms with E-state index >= 15 is 0 Å². The van der Waals surface area contributed by atoms with Gasteiger partial charge in [-0.2, -0.15) is 0 Å². The summed E-state index contributed by atoms with van der Waals surface area (Å²) in [5, 5.41) is 9.87. The molecule has 0 aliphatic heterocycles. The third-order valence-electron chi connectivity index (χ3n) is 2.60. The van der Waals surface area contributed by atoms with Crippen LogP contribution in [-0.4, -0.2) is 24.7 Å². The molecule has 23 heavy (non-hydrogen) atoms. The maximum atomic E-state index is 11.1. The molecule has 0 heterocycles. The number of phosphoric acid groups is 2. The van der Waals surface area contributed by atoms with Crippen LogP contribution in [0.4, 0.5) is 0 Å². The summed E-state index contributed by atoms with van der Waals surface area (Å²) in [4.78, 5) is 35.8. The van der Waals surface area contributed by atoms with E-state index in [1.165, 1.54) is 30.3 Å². The molecule has 0 aliphatic carbocycles. The minimum atomic E-state index is -5.06. The average Bonchev–Trinajstić information content (AvgIpc) is 2.38. The fraction of sp³-hybridized carbons (Fsp3) is 0. The number of hydrogen-bond donors (Lipinski definition) is 5. The van der Waals surface area contributed by atoms with E-state index in [1.807, 2.05) is 0 Å². The molecule has 9 nitrogen and oxygen atoms in total. The Morgan fingerprint density at radius 3 is 1.87 bits per heavy atom. The molecule has 124 valence electrons. The van der Waals surface area contributed by atoms with Crippen molar-refractivity contribution in [2.24, 2.45) is 0 Å². The van der Waals surface area contributed by atoms with Crippen LogP contribution in [0.3, 0.4) is 0 Å². The molecule has 2 aromatic carbocycles. The van der Waals surface area contributed by atoms with Crippen molar-refractivity contribution in [3.8, 4) is 28.4 Å². The number of aromatic hydroxyl groups is 1. The van der Waals surface area contributed by atoms with Gasteiger partial charge in [-0.1, -0.05) is 30.3 Å². The maximum absolute atomic E-state index is 11.1. The molecule has 0 atom stereocenters. The second-order valence-corrected chi connectivity index (χ2v) is 6.64. The lowest BCUT2D eigenvalue weighted by Crippen LogP contribution is -1.98. The average molecular weight is 362 g/mol. The van der Waals surface area contributed by atoms with Gasteiger partial charge in [0.05, 0.1) is 0 Å². The number of benzene rings is 2. The number of para-hydroxylation sites is 2. The van der Waals surface area contributed by atoms with Crippen molar-refractivity contribution >= 4 is 15.6 Å². The van der Waals surface area contributed by atoms with Crippen molar-refractivity contribution in [2.75, 3.05) is 0 Å². The fourth-order valence-electron chi connectivity index (χ4n) is 1.84. The number of phosphoric ester groups is 2. The SMILES string of the molecule is O=P(O)(O)Oc1cccc(-c2ccccc2O)c1OP(=O)(O)O. The molecule has 0 fully saturated rings. The van der Waals surface area contributed by atoms with Gasteiger partial charge in [-0.15, -0.1) is 0 Å². The molecule has 0 aliphatic rings. The zero-order valence-corrected chi connectivity index (χ0v) is 13.1. The Balaban J connectivity index is 2.67. The van der Waals surface area contributed by atoms with Gasteiger partial charge in [0.1, 0.15) is 5.75 Å². The van der Waals surface area contributed by atoms with Crippen molar-refractivity contribution in [3.63, 3.8) is 0 Å². The Morgan fingerprint density at radius 2 is 1.30 bits per heavy atom. The Labute approximate surface area is 130 Å². The molecule has 5 N–H and O–H groups in total. The van der Waals surface area contributed by atoms with E-state index in [2.05, 4.69) is 9.05 Å². The van der Waals surface area contributed by atoms with Crippen LogP contribution in [-0.2, 0) is 9.13 Å². The summed E-state index contributed by atoms with van der Waals surface area (Å²) >= 11 is 0. The van der Waals surface area contributed by atoms with Crippen molar-refractivity contribution in [3.05, 3.63) is 42.5 Å². The van der Waals surface area contributed by atoms with Crippen LogP contribution in [0.1, 0.15) is 0 Å². The third-order valence-corrected chi connectivity index (χ3v) is 3.46. The Kier molecular flexibility index (Phi) is 4.81. The van der Waals surface area contributed by atoms with Crippen LogP contribution in [0.2, 0.25) is 0 Å². The van der Waals surface area contributed by atoms with Crippen LogP contribution in [0.25, 0.3) is 11.1 Å². The van der Waals surface area contributed by atoms with Crippen LogP contribution in [0.5, 0.6) is 17.2 Å². The molecule has 11 heteroatoms. The number of phenols is 1. The lowest BCUT2D eigenvalue weighted by atomic mass is 10.0. The third kappa shape index (κ3) is 4.80. The van der Waals surface area contributed by atoms with Crippen LogP contribution >= 0.6 is 15.6 Å². The van der Waals surface area contributed by atoms with E-state index in [1.54, 1.807) is 6.07 Å². The molecule has 2 rings (SSSR count). The maximum Gasteiger partial charge on any atom is 0.524 e. The summed E-state index contributed by atoms with van der Waals surface area (Å²) in [6.45, 7) is 0.